The van der Waals surface area contributed by atoms with Crippen molar-refractivity contribution in [3.8, 4) is 0 Å². The zero-order valence-electron chi connectivity index (χ0n) is 16.1. The van der Waals surface area contributed by atoms with E-state index >= 15 is 0 Å². The Bertz CT molecular complexity index is 797. The maximum absolute atomic E-state index is 13.1. The molecule has 0 aliphatic carbocycles. The number of amides is 1. The number of rotatable bonds is 7. The average molecular weight is 387 g/mol. The van der Waals surface area contributed by atoms with Crippen LogP contribution in [0.1, 0.15) is 27.9 Å². The fraction of sp³-hybridized carbons (Fsp3) is 0.429. The number of likely N-dealkylation sites (tertiary alicyclic amines) is 1. The Hall–Kier alpha value is -1.89. The van der Waals surface area contributed by atoms with Crippen molar-refractivity contribution in [2.45, 2.75) is 36.3 Å². The van der Waals surface area contributed by atoms with E-state index in [1.54, 1.807) is 25.1 Å². The first-order valence-corrected chi connectivity index (χ1v) is 10.00. The van der Waals surface area contributed by atoms with E-state index in [0.717, 1.165) is 16.3 Å². The molecule has 5 nitrogen and oxygen atoms in total. The van der Waals surface area contributed by atoms with Crippen LogP contribution in [0.5, 0.6) is 0 Å². The summed E-state index contributed by atoms with van der Waals surface area (Å²) in [6.45, 7) is 6.62. The highest BCUT2D eigenvalue weighted by atomic mass is 32.2. The minimum Gasteiger partial charge on any atom is -0.382 e. The van der Waals surface area contributed by atoms with Crippen LogP contribution in [-0.2, 0) is 9.47 Å². The maximum Gasteiger partial charge on any atom is 0.256 e. The molecule has 1 saturated heterocycles. The Kier molecular flexibility index (Phi) is 6.88. The summed E-state index contributed by atoms with van der Waals surface area (Å²) in [6, 6.07) is 10.0. The van der Waals surface area contributed by atoms with Crippen molar-refractivity contribution in [2.24, 2.45) is 0 Å². The minimum atomic E-state index is 0.0215. The summed E-state index contributed by atoms with van der Waals surface area (Å²) in [6.07, 6.45) is 2.68. The van der Waals surface area contributed by atoms with E-state index < -0.39 is 0 Å². The van der Waals surface area contributed by atoms with Gasteiger partial charge in [-0.1, -0.05) is 29.5 Å². The standard InChI is InChI=1S/C21H26N2O3S/c1-15-6-7-19(16(2)13-15)27-20-18(5-4-9-22-20)21(24)23-10-8-17(14-23)26-12-11-25-3/h4-7,9,13,17H,8,10-12,14H2,1-3H3/t17-/m1/s1. The average Bonchev–Trinajstić information content (AvgIpc) is 3.13. The number of benzene rings is 1. The minimum absolute atomic E-state index is 0.0215. The summed E-state index contributed by atoms with van der Waals surface area (Å²) in [7, 11) is 1.66. The van der Waals surface area contributed by atoms with E-state index in [2.05, 4.69) is 37.0 Å². The molecule has 0 unspecified atom stereocenters. The van der Waals surface area contributed by atoms with Gasteiger partial charge in [-0.25, -0.2) is 4.98 Å². The molecular weight excluding hydrogens is 360 g/mol. The second-order valence-electron chi connectivity index (χ2n) is 6.75. The van der Waals surface area contributed by atoms with Gasteiger partial charge >= 0.3 is 0 Å². The number of hydrogen-bond donors (Lipinski definition) is 0. The van der Waals surface area contributed by atoms with Crippen molar-refractivity contribution in [1.29, 1.82) is 0 Å². The lowest BCUT2D eigenvalue weighted by Crippen LogP contribution is -2.31. The number of hydrogen-bond acceptors (Lipinski definition) is 5. The molecule has 1 aliphatic heterocycles. The lowest BCUT2D eigenvalue weighted by atomic mass is 10.2. The van der Waals surface area contributed by atoms with Crippen LogP contribution in [0.25, 0.3) is 0 Å². The number of carbonyl (C=O) groups excluding carboxylic acids is 1. The van der Waals surface area contributed by atoms with Gasteiger partial charge in [-0.15, -0.1) is 0 Å². The second kappa shape index (κ2) is 9.35. The normalized spacial score (nSPS) is 16.7. The van der Waals surface area contributed by atoms with Crippen LogP contribution in [0, 0.1) is 13.8 Å². The summed E-state index contributed by atoms with van der Waals surface area (Å²) >= 11 is 1.55. The van der Waals surface area contributed by atoms with E-state index in [4.69, 9.17) is 9.47 Å². The monoisotopic (exact) mass is 386 g/mol. The molecule has 1 aliphatic rings. The van der Waals surface area contributed by atoms with Crippen molar-refractivity contribution in [2.75, 3.05) is 33.4 Å². The highest BCUT2D eigenvalue weighted by molar-refractivity contribution is 7.99. The van der Waals surface area contributed by atoms with Crippen molar-refractivity contribution in [1.82, 2.24) is 9.88 Å². The zero-order valence-corrected chi connectivity index (χ0v) is 16.9. The van der Waals surface area contributed by atoms with E-state index in [-0.39, 0.29) is 12.0 Å². The van der Waals surface area contributed by atoms with E-state index in [9.17, 15) is 4.79 Å². The third kappa shape index (κ3) is 5.09. The number of ether oxygens (including phenoxy) is 2. The van der Waals surface area contributed by atoms with Crippen LogP contribution in [0.2, 0.25) is 0 Å². The smallest absolute Gasteiger partial charge is 0.256 e. The predicted molar refractivity (Wildman–Crippen MR) is 106 cm³/mol. The van der Waals surface area contributed by atoms with E-state index in [1.807, 2.05) is 17.0 Å². The van der Waals surface area contributed by atoms with Gasteiger partial charge in [0.05, 0.1) is 24.9 Å². The van der Waals surface area contributed by atoms with Gasteiger partial charge in [0.1, 0.15) is 5.03 Å². The van der Waals surface area contributed by atoms with Crippen molar-refractivity contribution < 1.29 is 14.3 Å². The largest absolute Gasteiger partial charge is 0.382 e. The first-order valence-electron chi connectivity index (χ1n) is 9.18. The van der Waals surface area contributed by atoms with Gasteiger partial charge in [0.15, 0.2) is 0 Å². The predicted octanol–water partition coefficient (Wildman–Crippen LogP) is 3.73. The molecule has 2 heterocycles. The van der Waals surface area contributed by atoms with Crippen molar-refractivity contribution in [3.05, 3.63) is 53.2 Å². The first-order chi connectivity index (χ1) is 13.1. The number of aryl methyl sites for hydroxylation is 2. The second-order valence-corrected chi connectivity index (χ2v) is 7.78. The molecular formula is C21H26N2O3S. The molecule has 1 fully saturated rings. The number of methoxy groups -OCH3 is 1. The fourth-order valence-corrected chi connectivity index (χ4v) is 4.11. The summed E-state index contributed by atoms with van der Waals surface area (Å²) in [5.74, 6) is 0.0215. The van der Waals surface area contributed by atoms with Gasteiger partial charge in [0.25, 0.3) is 5.91 Å². The van der Waals surface area contributed by atoms with Gasteiger partial charge in [-0.05, 0) is 44.0 Å². The van der Waals surface area contributed by atoms with E-state index in [1.165, 1.54) is 11.1 Å². The first kappa shape index (κ1) is 19.9. The van der Waals surface area contributed by atoms with Crippen molar-refractivity contribution >= 4 is 17.7 Å². The van der Waals surface area contributed by atoms with Gasteiger partial charge in [0, 0.05) is 31.3 Å². The Morgan fingerprint density at radius 1 is 1.30 bits per heavy atom. The Morgan fingerprint density at radius 3 is 2.93 bits per heavy atom. The van der Waals surface area contributed by atoms with Gasteiger partial charge < -0.3 is 14.4 Å². The molecule has 0 saturated carbocycles. The Labute approximate surface area is 165 Å². The highest BCUT2D eigenvalue weighted by Gasteiger charge is 2.29. The number of nitrogens with zero attached hydrogens (tertiary/aromatic N) is 2. The van der Waals surface area contributed by atoms with Crippen LogP contribution < -0.4 is 0 Å². The summed E-state index contributed by atoms with van der Waals surface area (Å²) in [4.78, 5) is 20.5. The SMILES string of the molecule is COCCO[C@@H]1CCN(C(=O)c2cccnc2Sc2ccc(C)cc2C)C1. The Balaban J connectivity index is 1.71. The van der Waals surface area contributed by atoms with Crippen LogP contribution in [0.3, 0.4) is 0 Å². The molecule has 144 valence electrons. The molecule has 6 heteroatoms. The topological polar surface area (TPSA) is 51.7 Å². The lowest BCUT2D eigenvalue weighted by Gasteiger charge is -2.18. The molecule has 2 aromatic rings. The van der Waals surface area contributed by atoms with Crippen LogP contribution >= 0.6 is 11.8 Å². The summed E-state index contributed by atoms with van der Waals surface area (Å²) < 4.78 is 10.8. The summed E-state index contributed by atoms with van der Waals surface area (Å²) in [5.41, 5.74) is 3.07. The third-order valence-corrected chi connectivity index (χ3v) is 5.81. The zero-order chi connectivity index (χ0) is 19.2. The molecule has 0 bridgehead atoms. The molecule has 1 aromatic heterocycles. The van der Waals surface area contributed by atoms with E-state index in [0.29, 0.717) is 31.9 Å². The van der Waals surface area contributed by atoms with Gasteiger partial charge in [-0.3, -0.25) is 4.79 Å². The molecule has 1 atom stereocenters. The van der Waals surface area contributed by atoms with Crippen LogP contribution in [0.4, 0.5) is 0 Å². The quantitative estimate of drug-likeness (QED) is 0.679. The number of aromatic nitrogens is 1. The molecule has 1 amide bonds. The Morgan fingerprint density at radius 2 is 2.15 bits per heavy atom. The number of pyridine rings is 1. The van der Waals surface area contributed by atoms with Crippen molar-refractivity contribution in [3.63, 3.8) is 0 Å². The lowest BCUT2D eigenvalue weighted by molar-refractivity contribution is 0.0218. The maximum atomic E-state index is 13.1. The molecule has 0 radical (unpaired) electrons. The highest BCUT2D eigenvalue weighted by Crippen LogP contribution is 2.32. The molecule has 27 heavy (non-hydrogen) atoms. The van der Waals surface area contributed by atoms with Crippen LogP contribution in [0.15, 0.2) is 46.5 Å². The fourth-order valence-electron chi connectivity index (χ4n) is 3.17. The molecule has 0 N–H and O–H groups in total. The van der Waals surface area contributed by atoms with Gasteiger partial charge in [0.2, 0.25) is 0 Å². The van der Waals surface area contributed by atoms with Gasteiger partial charge in [-0.2, -0.15) is 0 Å². The number of carbonyl (C=O) groups is 1. The van der Waals surface area contributed by atoms with Crippen LogP contribution in [-0.4, -0.2) is 55.3 Å². The molecule has 0 spiro atoms. The molecule has 3 rings (SSSR count). The summed E-state index contributed by atoms with van der Waals surface area (Å²) in [5, 5.41) is 0.748. The molecule has 1 aromatic carbocycles. The third-order valence-electron chi connectivity index (χ3n) is 4.61.